The molecule has 0 fully saturated rings. The first-order valence-corrected chi connectivity index (χ1v) is 4.58. The predicted molar refractivity (Wildman–Crippen MR) is 49.7 cm³/mol. The van der Waals surface area contributed by atoms with Gasteiger partial charge in [-0.3, -0.25) is 0 Å². The van der Waals surface area contributed by atoms with Gasteiger partial charge in [0, 0.05) is 13.7 Å². The Morgan fingerprint density at radius 1 is 1.00 bits per heavy atom. The highest BCUT2D eigenvalue weighted by molar-refractivity contribution is 4.66. The van der Waals surface area contributed by atoms with E-state index in [0.29, 0.717) is 0 Å². The lowest BCUT2D eigenvalue weighted by Gasteiger charge is -2.24. The maximum atomic E-state index is 5.07. The predicted octanol–water partition coefficient (Wildman–Crippen LogP) is 2.95. The maximum Gasteiger partial charge on any atom is 0.0465 e. The van der Waals surface area contributed by atoms with E-state index in [4.69, 9.17) is 4.74 Å². The normalized spacial score (nSPS) is 12.0. The van der Waals surface area contributed by atoms with Crippen molar-refractivity contribution in [1.82, 2.24) is 0 Å². The molecule has 11 heavy (non-hydrogen) atoms. The molecule has 0 saturated carbocycles. The molecule has 0 rings (SSSR count). The van der Waals surface area contributed by atoms with Gasteiger partial charge < -0.3 is 4.74 Å². The van der Waals surface area contributed by atoms with Gasteiger partial charge in [-0.2, -0.15) is 0 Å². The zero-order chi connectivity index (χ0) is 8.85. The minimum absolute atomic E-state index is 0.783. The van der Waals surface area contributed by atoms with Crippen molar-refractivity contribution >= 4 is 0 Å². The Bertz CT molecular complexity index is 78.9. The third kappa shape index (κ3) is 4.41. The van der Waals surface area contributed by atoms with Crippen LogP contribution >= 0.6 is 0 Å². The zero-order valence-corrected chi connectivity index (χ0v) is 8.55. The standard InChI is InChI=1S/C10H22O/c1-8(2)10(9(3)4)6-7-11-5/h8-10H,6-7H2,1-5H3. The van der Waals surface area contributed by atoms with Gasteiger partial charge in [-0.05, 0) is 24.2 Å². The van der Waals surface area contributed by atoms with Crippen LogP contribution in [-0.2, 0) is 4.74 Å². The minimum Gasteiger partial charge on any atom is -0.385 e. The molecule has 0 aromatic heterocycles. The van der Waals surface area contributed by atoms with Gasteiger partial charge in [0.05, 0.1) is 0 Å². The highest BCUT2D eigenvalue weighted by Crippen LogP contribution is 2.23. The Labute approximate surface area is 71.1 Å². The van der Waals surface area contributed by atoms with Crippen LogP contribution in [0.5, 0.6) is 0 Å². The maximum absolute atomic E-state index is 5.07. The average Bonchev–Trinajstić information content (AvgIpc) is 1.87. The van der Waals surface area contributed by atoms with Crippen LogP contribution in [0.4, 0.5) is 0 Å². The molecule has 0 N–H and O–H groups in total. The quantitative estimate of drug-likeness (QED) is 0.597. The van der Waals surface area contributed by atoms with Gasteiger partial charge in [-0.1, -0.05) is 27.7 Å². The van der Waals surface area contributed by atoms with Crippen LogP contribution in [0, 0.1) is 17.8 Å². The fraction of sp³-hybridized carbons (Fsp3) is 1.00. The fourth-order valence-corrected chi connectivity index (χ4v) is 1.69. The van der Waals surface area contributed by atoms with E-state index in [9.17, 15) is 0 Å². The molecule has 0 saturated heterocycles. The van der Waals surface area contributed by atoms with Crippen LogP contribution in [-0.4, -0.2) is 13.7 Å². The van der Waals surface area contributed by atoms with Crippen LogP contribution in [0.1, 0.15) is 34.1 Å². The van der Waals surface area contributed by atoms with Crippen molar-refractivity contribution in [2.75, 3.05) is 13.7 Å². The van der Waals surface area contributed by atoms with E-state index in [0.717, 1.165) is 24.4 Å². The molecule has 0 spiro atoms. The number of methoxy groups -OCH3 is 1. The van der Waals surface area contributed by atoms with E-state index in [2.05, 4.69) is 27.7 Å². The Balaban J connectivity index is 3.70. The summed E-state index contributed by atoms with van der Waals surface area (Å²) < 4.78 is 5.07. The smallest absolute Gasteiger partial charge is 0.0465 e. The number of hydrogen-bond donors (Lipinski definition) is 0. The number of rotatable bonds is 5. The summed E-state index contributed by atoms with van der Waals surface area (Å²) in [4.78, 5) is 0. The van der Waals surface area contributed by atoms with Crippen LogP contribution in [0.15, 0.2) is 0 Å². The van der Waals surface area contributed by atoms with Gasteiger partial charge in [-0.25, -0.2) is 0 Å². The first-order chi connectivity index (χ1) is 5.09. The third-order valence-corrected chi connectivity index (χ3v) is 2.37. The van der Waals surface area contributed by atoms with Gasteiger partial charge >= 0.3 is 0 Å². The average molecular weight is 158 g/mol. The van der Waals surface area contributed by atoms with Gasteiger partial charge in [0.1, 0.15) is 0 Å². The Morgan fingerprint density at radius 3 is 1.73 bits per heavy atom. The molecule has 0 aromatic rings. The minimum atomic E-state index is 0.783. The summed E-state index contributed by atoms with van der Waals surface area (Å²) in [7, 11) is 1.78. The summed E-state index contributed by atoms with van der Waals surface area (Å²) >= 11 is 0. The lowest BCUT2D eigenvalue weighted by Crippen LogP contribution is -2.17. The second kappa shape index (κ2) is 5.59. The van der Waals surface area contributed by atoms with Crippen molar-refractivity contribution in [2.45, 2.75) is 34.1 Å². The molecule has 0 aliphatic rings. The lowest BCUT2D eigenvalue weighted by atomic mass is 9.83. The number of hydrogen-bond acceptors (Lipinski definition) is 1. The van der Waals surface area contributed by atoms with Crippen LogP contribution < -0.4 is 0 Å². The molecular formula is C10H22O. The summed E-state index contributed by atoms with van der Waals surface area (Å²) in [5.41, 5.74) is 0. The lowest BCUT2D eigenvalue weighted by molar-refractivity contribution is 0.147. The monoisotopic (exact) mass is 158 g/mol. The Kier molecular flexibility index (Phi) is 5.57. The van der Waals surface area contributed by atoms with E-state index < -0.39 is 0 Å². The second-order valence-electron chi connectivity index (χ2n) is 3.93. The molecule has 0 aliphatic heterocycles. The van der Waals surface area contributed by atoms with E-state index in [-0.39, 0.29) is 0 Å². The molecule has 0 atom stereocenters. The van der Waals surface area contributed by atoms with Gasteiger partial charge in [0.25, 0.3) is 0 Å². The summed E-state index contributed by atoms with van der Waals surface area (Å²) in [6.07, 6.45) is 1.20. The molecule has 0 heterocycles. The third-order valence-electron chi connectivity index (χ3n) is 2.37. The van der Waals surface area contributed by atoms with Crippen molar-refractivity contribution in [1.29, 1.82) is 0 Å². The molecule has 68 valence electrons. The van der Waals surface area contributed by atoms with Crippen molar-refractivity contribution in [3.05, 3.63) is 0 Å². The molecule has 0 aliphatic carbocycles. The summed E-state index contributed by atoms with van der Waals surface area (Å²) in [6, 6.07) is 0. The van der Waals surface area contributed by atoms with Crippen molar-refractivity contribution in [3.8, 4) is 0 Å². The van der Waals surface area contributed by atoms with Crippen LogP contribution in [0.2, 0.25) is 0 Å². The molecule has 1 nitrogen and oxygen atoms in total. The van der Waals surface area contributed by atoms with Crippen molar-refractivity contribution in [3.63, 3.8) is 0 Å². The van der Waals surface area contributed by atoms with Gasteiger partial charge in [0.15, 0.2) is 0 Å². The summed E-state index contributed by atoms with van der Waals surface area (Å²) in [6.45, 7) is 10.1. The van der Waals surface area contributed by atoms with Crippen molar-refractivity contribution in [2.24, 2.45) is 17.8 Å². The summed E-state index contributed by atoms with van der Waals surface area (Å²) in [5, 5.41) is 0. The van der Waals surface area contributed by atoms with E-state index >= 15 is 0 Å². The Morgan fingerprint density at radius 2 is 1.45 bits per heavy atom. The molecule has 0 radical (unpaired) electrons. The fourth-order valence-electron chi connectivity index (χ4n) is 1.69. The Hall–Kier alpha value is -0.0400. The topological polar surface area (TPSA) is 9.23 Å². The first kappa shape index (κ1) is 11.0. The number of ether oxygens (including phenoxy) is 1. The molecule has 0 unspecified atom stereocenters. The van der Waals surface area contributed by atoms with Gasteiger partial charge in [-0.15, -0.1) is 0 Å². The highest BCUT2D eigenvalue weighted by atomic mass is 16.5. The molecule has 0 bridgehead atoms. The summed E-state index contributed by atoms with van der Waals surface area (Å²) in [5.74, 6) is 2.38. The van der Waals surface area contributed by atoms with E-state index in [1.165, 1.54) is 6.42 Å². The van der Waals surface area contributed by atoms with Crippen LogP contribution in [0.3, 0.4) is 0 Å². The van der Waals surface area contributed by atoms with Crippen LogP contribution in [0.25, 0.3) is 0 Å². The molecular weight excluding hydrogens is 136 g/mol. The first-order valence-electron chi connectivity index (χ1n) is 4.58. The van der Waals surface area contributed by atoms with E-state index in [1.54, 1.807) is 7.11 Å². The molecule has 0 aromatic carbocycles. The molecule has 0 amide bonds. The molecule has 1 heteroatoms. The second-order valence-corrected chi connectivity index (χ2v) is 3.93. The van der Waals surface area contributed by atoms with Gasteiger partial charge in [0.2, 0.25) is 0 Å². The van der Waals surface area contributed by atoms with Crippen molar-refractivity contribution < 1.29 is 4.74 Å². The largest absolute Gasteiger partial charge is 0.385 e. The zero-order valence-electron chi connectivity index (χ0n) is 8.55. The SMILES string of the molecule is COCCC(C(C)C)C(C)C. The van der Waals surface area contributed by atoms with E-state index in [1.807, 2.05) is 0 Å². The highest BCUT2D eigenvalue weighted by Gasteiger charge is 2.16.